The van der Waals surface area contributed by atoms with Crippen molar-refractivity contribution in [3.8, 4) is 0 Å². The summed E-state index contributed by atoms with van der Waals surface area (Å²) < 4.78 is 0. The van der Waals surface area contributed by atoms with Crippen LogP contribution in [-0.2, 0) is 38.4 Å². The molecular formula is C25H43N7O13. The molecule has 7 atom stereocenters. The fraction of sp³-hybridized carbons (Fsp3) is 0.680. The first-order chi connectivity index (χ1) is 20.9. The van der Waals surface area contributed by atoms with E-state index < -0.39 is 122 Å². The number of amides is 6. The molecule has 0 saturated carbocycles. The van der Waals surface area contributed by atoms with E-state index in [1.165, 1.54) is 13.8 Å². The van der Waals surface area contributed by atoms with E-state index in [1.807, 2.05) is 0 Å². The van der Waals surface area contributed by atoms with Crippen LogP contribution >= 0.6 is 0 Å². The molecule has 0 fully saturated rings. The van der Waals surface area contributed by atoms with Gasteiger partial charge in [0.15, 0.2) is 0 Å². The second-order valence-corrected chi connectivity index (χ2v) is 10.4. The number of aliphatic hydroxyl groups is 3. The van der Waals surface area contributed by atoms with Gasteiger partial charge in [-0.3, -0.25) is 33.6 Å². The third kappa shape index (κ3) is 14.8. The summed E-state index contributed by atoms with van der Waals surface area (Å²) in [7, 11) is 0. The summed E-state index contributed by atoms with van der Waals surface area (Å²) >= 11 is 0. The van der Waals surface area contributed by atoms with Crippen molar-refractivity contribution in [2.24, 2.45) is 17.4 Å². The van der Waals surface area contributed by atoms with E-state index in [1.54, 1.807) is 0 Å². The topological polar surface area (TPSA) is 350 Å². The average Bonchev–Trinajstić information content (AvgIpc) is 2.95. The van der Waals surface area contributed by atoms with Crippen molar-refractivity contribution in [3.63, 3.8) is 0 Å². The molecule has 0 aliphatic rings. The monoisotopic (exact) mass is 649 g/mol. The molecule has 0 spiro atoms. The summed E-state index contributed by atoms with van der Waals surface area (Å²) in [6.45, 7) is 2.09. The first kappa shape index (κ1) is 40.6. The predicted octanol–water partition coefficient (Wildman–Crippen LogP) is -6.03. The molecule has 0 aromatic rings. The fourth-order valence-corrected chi connectivity index (χ4v) is 3.59. The van der Waals surface area contributed by atoms with Gasteiger partial charge in [0.25, 0.3) is 0 Å². The zero-order valence-electron chi connectivity index (χ0n) is 25.0. The zero-order chi connectivity index (χ0) is 35.0. The van der Waals surface area contributed by atoms with Crippen molar-refractivity contribution >= 4 is 47.4 Å². The van der Waals surface area contributed by atoms with Crippen LogP contribution < -0.4 is 38.1 Å². The largest absolute Gasteiger partial charge is 0.481 e. The van der Waals surface area contributed by atoms with Crippen molar-refractivity contribution in [1.29, 1.82) is 0 Å². The van der Waals surface area contributed by atoms with Gasteiger partial charge in [0.2, 0.25) is 35.4 Å². The van der Waals surface area contributed by atoms with Gasteiger partial charge in [-0.15, -0.1) is 0 Å². The molecule has 0 radical (unpaired) electrons. The number of aliphatic carboxylic acids is 2. The van der Waals surface area contributed by atoms with Crippen molar-refractivity contribution in [2.75, 3.05) is 13.2 Å². The molecule has 6 amide bonds. The second-order valence-electron chi connectivity index (χ2n) is 10.4. The molecule has 0 unspecified atom stereocenters. The van der Waals surface area contributed by atoms with Crippen LogP contribution in [0.5, 0.6) is 0 Å². The molecule has 0 heterocycles. The Morgan fingerprint density at radius 2 is 1.07 bits per heavy atom. The average molecular weight is 650 g/mol. The Balaban J connectivity index is 5.76. The van der Waals surface area contributed by atoms with Gasteiger partial charge in [0.05, 0.1) is 25.4 Å². The Hall–Kier alpha value is -4.40. The third-order valence-electron chi connectivity index (χ3n) is 6.24. The highest BCUT2D eigenvalue weighted by molar-refractivity contribution is 5.96. The Morgan fingerprint density at radius 1 is 0.622 bits per heavy atom. The van der Waals surface area contributed by atoms with Crippen LogP contribution in [-0.4, -0.2) is 128 Å². The quantitative estimate of drug-likeness (QED) is 0.0551. The number of nitrogens with one attached hydrogen (secondary N) is 5. The smallest absolute Gasteiger partial charge is 0.326 e. The molecule has 45 heavy (non-hydrogen) atoms. The Morgan fingerprint density at radius 3 is 1.49 bits per heavy atom. The molecule has 14 N–H and O–H groups in total. The summed E-state index contributed by atoms with van der Waals surface area (Å²) in [5.41, 5.74) is 10.6. The highest BCUT2D eigenvalue weighted by Gasteiger charge is 2.35. The van der Waals surface area contributed by atoms with Crippen molar-refractivity contribution in [3.05, 3.63) is 0 Å². The van der Waals surface area contributed by atoms with Crippen LogP contribution in [0.3, 0.4) is 0 Å². The van der Waals surface area contributed by atoms with E-state index in [4.69, 9.17) is 16.6 Å². The molecule has 0 aliphatic carbocycles. The SMILES string of the molecule is CC(C)[C@H](NC(=O)[C@H](CO)NC(=O)[C@@H](NC(=O)[C@H](CCC(=O)O)NC(=O)[C@H](CO)NC(=O)[C@@H](N)CCC(N)=O)[C@@H](C)O)C(=O)O. The van der Waals surface area contributed by atoms with E-state index in [2.05, 4.69) is 26.6 Å². The lowest BCUT2D eigenvalue weighted by molar-refractivity contribution is -0.144. The van der Waals surface area contributed by atoms with Crippen molar-refractivity contribution < 1.29 is 63.9 Å². The van der Waals surface area contributed by atoms with Crippen LogP contribution in [0.25, 0.3) is 0 Å². The number of nitrogens with two attached hydrogens (primary N) is 2. The van der Waals surface area contributed by atoms with Gasteiger partial charge in [-0.2, -0.15) is 0 Å². The maximum atomic E-state index is 13.1. The lowest BCUT2D eigenvalue weighted by Crippen LogP contribution is -2.62. The minimum absolute atomic E-state index is 0.177. The number of hydrogen-bond acceptors (Lipinski definition) is 12. The van der Waals surface area contributed by atoms with E-state index in [0.29, 0.717) is 0 Å². The maximum Gasteiger partial charge on any atom is 0.326 e. The predicted molar refractivity (Wildman–Crippen MR) is 151 cm³/mol. The summed E-state index contributed by atoms with van der Waals surface area (Å²) in [6, 6.07) is -9.58. The molecule has 0 aromatic carbocycles. The maximum absolute atomic E-state index is 13.1. The Labute approximate surface area is 257 Å². The number of carbonyl (C=O) groups excluding carboxylic acids is 6. The number of carboxylic acids is 2. The molecule has 0 bridgehead atoms. The van der Waals surface area contributed by atoms with E-state index >= 15 is 0 Å². The van der Waals surface area contributed by atoms with Crippen LogP contribution in [0.2, 0.25) is 0 Å². The van der Waals surface area contributed by atoms with Gasteiger partial charge in [0, 0.05) is 12.8 Å². The van der Waals surface area contributed by atoms with Gasteiger partial charge in [-0.25, -0.2) is 4.79 Å². The van der Waals surface area contributed by atoms with Gasteiger partial charge in [-0.05, 0) is 25.7 Å². The second kappa shape index (κ2) is 19.8. The Kier molecular flexibility index (Phi) is 17.9. The molecular weight excluding hydrogens is 606 g/mol. The van der Waals surface area contributed by atoms with Gasteiger partial charge >= 0.3 is 11.9 Å². The first-order valence-corrected chi connectivity index (χ1v) is 13.8. The summed E-state index contributed by atoms with van der Waals surface area (Å²) in [6.07, 6.45) is -3.31. The molecule has 0 saturated heterocycles. The minimum atomic E-state index is -1.83. The molecule has 256 valence electrons. The van der Waals surface area contributed by atoms with Crippen molar-refractivity contribution in [1.82, 2.24) is 26.6 Å². The van der Waals surface area contributed by atoms with E-state index in [9.17, 15) is 58.8 Å². The molecule has 20 nitrogen and oxygen atoms in total. The van der Waals surface area contributed by atoms with E-state index in [0.717, 1.165) is 6.92 Å². The lowest BCUT2D eigenvalue weighted by atomic mass is 10.0. The number of hydrogen-bond donors (Lipinski definition) is 12. The van der Waals surface area contributed by atoms with Gasteiger partial charge < -0.3 is 63.6 Å². The molecule has 20 heteroatoms. The molecule has 0 rings (SSSR count). The highest BCUT2D eigenvalue weighted by Crippen LogP contribution is 2.05. The Bertz CT molecular complexity index is 1090. The third-order valence-corrected chi connectivity index (χ3v) is 6.24. The van der Waals surface area contributed by atoms with Crippen LogP contribution in [0.4, 0.5) is 0 Å². The lowest BCUT2D eigenvalue weighted by Gasteiger charge is -2.27. The standard InChI is InChI=1S/C25H43N7O13/c1-10(2)18(25(44)45)31-23(42)15(9-34)30-24(43)19(11(3)35)32-21(40)13(5-7-17(37)38)28-22(41)14(8-33)29-20(39)12(26)4-6-16(27)36/h10-15,18-19,33-35H,4-9,26H2,1-3H3,(H2,27,36)(H,28,41)(H,29,39)(H,30,43)(H,31,42)(H,32,40)(H,37,38)(H,44,45)/t11-,12+,13+,14+,15+,18+,19+/m1/s1. The summed E-state index contributed by atoms with van der Waals surface area (Å²) in [5.74, 6) is -9.66. The number of primary amides is 1. The highest BCUT2D eigenvalue weighted by atomic mass is 16.4. The van der Waals surface area contributed by atoms with Crippen LogP contribution in [0.1, 0.15) is 46.5 Å². The van der Waals surface area contributed by atoms with Crippen molar-refractivity contribution in [2.45, 2.75) is 88.8 Å². The van der Waals surface area contributed by atoms with Gasteiger partial charge in [0.1, 0.15) is 30.2 Å². The number of aliphatic hydroxyl groups excluding tert-OH is 3. The molecule has 0 aliphatic heterocycles. The summed E-state index contributed by atoms with van der Waals surface area (Å²) in [4.78, 5) is 97.0. The number of carbonyl (C=O) groups is 8. The zero-order valence-corrected chi connectivity index (χ0v) is 25.0. The number of carboxylic acid groups (broad SMARTS) is 2. The van der Waals surface area contributed by atoms with Crippen LogP contribution in [0.15, 0.2) is 0 Å². The minimum Gasteiger partial charge on any atom is -0.481 e. The summed E-state index contributed by atoms with van der Waals surface area (Å²) in [5, 5.41) is 58.3. The van der Waals surface area contributed by atoms with Crippen LogP contribution in [0, 0.1) is 5.92 Å². The van der Waals surface area contributed by atoms with Gasteiger partial charge in [-0.1, -0.05) is 13.8 Å². The van der Waals surface area contributed by atoms with E-state index in [-0.39, 0.29) is 12.8 Å². The fourth-order valence-electron chi connectivity index (χ4n) is 3.59. The normalized spacial score (nSPS) is 15.6. The first-order valence-electron chi connectivity index (χ1n) is 13.8. The molecule has 0 aromatic heterocycles. The number of rotatable bonds is 21.